The van der Waals surface area contributed by atoms with Crippen LogP contribution in [-0.4, -0.2) is 30.1 Å². The zero-order chi connectivity index (χ0) is 18.9. The van der Waals surface area contributed by atoms with E-state index >= 15 is 0 Å². The number of esters is 1. The standard InChI is InChI=1S/C22H25NO4/c1-12-11-22(2,3)23-19-15(12)9-14(27-21(25)17-5-4-8-26-17)10-16(19)18(20(23)24)13-6-7-13/h9-11,13,17-18H,4-8H2,1-3H3. The van der Waals surface area contributed by atoms with Crippen LogP contribution in [-0.2, 0) is 14.3 Å². The maximum atomic E-state index is 13.3. The highest BCUT2D eigenvalue weighted by molar-refractivity contribution is 6.11. The lowest BCUT2D eigenvalue weighted by molar-refractivity contribution is -0.144. The highest BCUT2D eigenvalue weighted by Gasteiger charge is 2.52. The van der Waals surface area contributed by atoms with Crippen LogP contribution in [0.2, 0.25) is 0 Å². The van der Waals surface area contributed by atoms with Gasteiger partial charge in [0.05, 0.1) is 17.1 Å². The summed E-state index contributed by atoms with van der Waals surface area (Å²) in [5.41, 5.74) is 3.81. The van der Waals surface area contributed by atoms with E-state index in [0.29, 0.717) is 24.7 Å². The Morgan fingerprint density at radius 3 is 2.70 bits per heavy atom. The van der Waals surface area contributed by atoms with E-state index in [-0.39, 0.29) is 23.3 Å². The van der Waals surface area contributed by atoms with Crippen LogP contribution in [0.15, 0.2) is 18.2 Å². The third kappa shape index (κ3) is 2.55. The van der Waals surface area contributed by atoms with E-state index in [1.54, 1.807) is 0 Å². The lowest BCUT2D eigenvalue weighted by atomic mass is 9.88. The number of benzene rings is 1. The minimum absolute atomic E-state index is 0.112. The number of ether oxygens (including phenoxy) is 2. The molecule has 142 valence electrons. The van der Waals surface area contributed by atoms with E-state index in [4.69, 9.17) is 9.47 Å². The molecule has 5 rings (SSSR count). The molecule has 0 N–H and O–H groups in total. The highest BCUT2D eigenvalue weighted by Crippen LogP contribution is 2.56. The molecule has 1 aromatic carbocycles. The summed E-state index contributed by atoms with van der Waals surface area (Å²) in [6.07, 6.45) is 5.44. The van der Waals surface area contributed by atoms with Crippen molar-refractivity contribution in [1.29, 1.82) is 0 Å². The van der Waals surface area contributed by atoms with Crippen molar-refractivity contribution < 1.29 is 19.1 Å². The first-order chi connectivity index (χ1) is 12.9. The lowest BCUT2D eigenvalue weighted by Gasteiger charge is -2.39. The maximum Gasteiger partial charge on any atom is 0.340 e. The quantitative estimate of drug-likeness (QED) is 0.602. The third-order valence-electron chi connectivity index (χ3n) is 6.23. The van der Waals surface area contributed by atoms with Gasteiger partial charge in [-0.05, 0) is 75.6 Å². The summed E-state index contributed by atoms with van der Waals surface area (Å²) in [5, 5.41) is 0. The third-order valence-corrected chi connectivity index (χ3v) is 6.23. The number of allylic oxidation sites excluding steroid dienone is 1. The molecule has 3 aliphatic heterocycles. The minimum Gasteiger partial charge on any atom is -0.425 e. The van der Waals surface area contributed by atoms with Gasteiger partial charge >= 0.3 is 5.97 Å². The molecule has 1 amide bonds. The molecule has 0 spiro atoms. The van der Waals surface area contributed by atoms with Crippen molar-refractivity contribution in [3.63, 3.8) is 0 Å². The van der Waals surface area contributed by atoms with Crippen LogP contribution in [0.1, 0.15) is 63.5 Å². The molecule has 2 atom stereocenters. The molecular weight excluding hydrogens is 342 g/mol. The fourth-order valence-electron chi connectivity index (χ4n) is 4.93. The average Bonchev–Trinajstić information content (AvgIpc) is 3.17. The Morgan fingerprint density at radius 1 is 1.26 bits per heavy atom. The molecule has 27 heavy (non-hydrogen) atoms. The number of carbonyl (C=O) groups is 2. The van der Waals surface area contributed by atoms with E-state index in [0.717, 1.165) is 41.6 Å². The van der Waals surface area contributed by atoms with Gasteiger partial charge < -0.3 is 14.4 Å². The van der Waals surface area contributed by atoms with Crippen molar-refractivity contribution in [2.75, 3.05) is 11.5 Å². The van der Waals surface area contributed by atoms with E-state index in [1.165, 1.54) is 0 Å². The van der Waals surface area contributed by atoms with Crippen LogP contribution in [0.3, 0.4) is 0 Å². The summed E-state index contributed by atoms with van der Waals surface area (Å²) < 4.78 is 11.1. The summed E-state index contributed by atoms with van der Waals surface area (Å²) in [4.78, 5) is 27.7. The van der Waals surface area contributed by atoms with Gasteiger partial charge in [-0.3, -0.25) is 4.79 Å². The van der Waals surface area contributed by atoms with Crippen LogP contribution >= 0.6 is 0 Å². The summed E-state index contributed by atoms with van der Waals surface area (Å²) in [6.45, 7) is 6.85. The first-order valence-corrected chi connectivity index (χ1v) is 9.92. The fourth-order valence-corrected chi connectivity index (χ4v) is 4.93. The molecule has 1 saturated carbocycles. The second-order valence-corrected chi connectivity index (χ2v) is 8.80. The first-order valence-electron chi connectivity index (χ1n) is 9.92. The van der Waals surface area contributed by atoms with Gasteiger partial charge in [-0.25, -0.2) is 4.79 Å². The first kappa shape index (κ1) is 17.0. The molecule has 5 nitrogen and oxygen atoms in total. The lowest BCUT2D eigenvalue weighted by Crippen LogP contribution is -2.47. The molecule has 2 unspecified atom stereocenters. The Kier molecular flexibility index (Phi) is 3.57. The largest absolute Gasteiger partial charge is 0.425 e. The normalized spacial score (nSPS) is 28.2. The average molecular weight is 367 g/mol. The molecule has 1 saturated heterocycles. The zero-order valence-electron chi connectivity index (χ0n) is 16.1. The van der Waals surface area contributed by atoms with Crippen LogP contribution in [0.25, 0.3) is 5.57 Å². The van der Waals surface area contributed by atoms with Crippen LogP contribution in [0.5, 0.6) is 5.75 Å². The van der Waals surface area contributed by atoms with Gasteiger partial charge in [0, 0.05) is 12.2 Å². The molecular formula is C22H25NO4. The molecule has 5 heteroatoms. The van der Waals surface area contributed by atoms with E-state index in [2.05, 4.69) is 26.8 Å². The van der Waals surface area contributed by atoms with E-state index < -0.39 is 6.10 Å². The molecule has 4 aliphatic rings. The van der Waals surface area contributed by atoms with E-state index in [1.807, 2.05) is 17.0 Å². The van der Waals surface area contributed by atoms with Crippen LogP contribution in [0, 0.1) is 5.92 Å². The minimum atomic E-state index is -0.470. The van der Waals surface area contributed by atoms with Gasteiger partial charge in [-0.15, -0.1) is 0 Å². The predicted molar refractivity (Wildman–Crippen MR) is 102 cm³/mol. The van der Waals surface area contributed by atoms with Gasteiger partial charge in [-0.2, -0.15) is 0 Å². The van der Waals surface area contributed by atoms with Gasteiger partial charge in [0.2, 0.25) is 5.91 Å². The summed E-state index contributed by atoms with van der Waals surface area (Å²) in [5.74, 6) is 0.676. The van der Waals surface area contributed by atoms with Crippen molar-refractivity contribution >= 4 is 23.1 Å². The van der Waals surface area contributed by atoms with Crippen molar-refractivity contribution in [1.82, 2.24) is 0 Å². The van der Waals surface area contributed by atoms with Crippen molar-refractivity contribution in [3.8, 4) is 5.75 Å². The Hall–Kier alpha value is -2.14. The Morgan fingerprint density at radius 2 is 2.04 bits per heavy atom. The molecule has 1 aliphatic carbocycles. The SMILES string of the molecule is CC1=CC(C)(C)N2C(=O)C(C3CC3)c3cc(OC(=O)C4CCCO4)cc1c32. The smallest absolute Gasteiger partial charge is 0.340 e. The van der Waals surface area contributed by atoms with Crippen molar-refractivity contribution in [2.45, 2.75) is 64.0 Å². The van der Waals surface area contributed by atoms with Gasteiger partial charge in [0.1, 0.15) is 5.75 Å². The summed E-state index contributed by atoms with van der Waals surface area (Å²) in [6, 6.07) is 3.82. The van der Waals surface area contributed by atoms with Crippen LogP contribution in [0.4, 0.5) is 5.69 Å². The Balaban J connectivity index is 1.59. The van der Waals surface area contributed by atoms with Gasteiger partial charge in [0.15, 0.2) is 6.10 Å². The predicted octanol–water partition coefficient (Wildman–Crippen LogP) is 3.81. The zero-order valence-corrected chi connectivity index (χ0v) is 16.1. The number of anilines is 1. The monoisotopic (exact) mass is 367 g/mol. The highest BCUT2D eigenvalue weighted by atomic mass is 16.6. The number of rotatable bonds is 3. The van der Waals surface area contributed by atoms with Gasteiger partial charge in [-0.1, -0.05) is 6.08 Å². The van der Waals surface area contributed by atoms with Crippen LogP contribution < -0.4 is 9.64 Å². The molecule has 0 aromatic heterocycles. The molecule has 1 aromatic rings. The Bertz CT molecular complexity index is 875. The summed E-state index contributed by atoms with van der Waals surface area (Å²) in [7, 11) is 0. The number of amides is 1. The second kappa shape index (κ2) is 5.68. The van der Waals surface area contributed by atoms with Crippen molar-refractivity contribution in [3.05, 3.63) is 29.3 Å². The second-order valence-electron chi connectivity index (χ2n) is 8.80. The van der Waals surface area contributed by atoms with Crippen molar-refractivity contribution in [2.24, 2.45) is 5.92 Å². The van der Waals surface area contributed by atoms with E-state index in [9.17, 15) is 9.59 Å². The Labute approximate surface area is 159 Å². The maximum absolute atomic E-state index is 13.3. The molecule has 0 radical (unpaired) electrons. The number of hydrogen-bond donors (Lipinski definition) is 0. The summed E-state index contributed by atoms with van der Waals surface area (Å²) >= 11 is 0. The number of nitrogens with zero attached hydrogens (tertiary/aromatic N) is 1. The molecule has 0 bridgehead atoms. The fraction of sp³-hybridized carbons (Fsp3) is 0.545. The number of hydrogen-bond acceptors (Lipinski definition) is 4. The topological polar surface area (TPSA) is 55.8 Å². The molecule has 2 fully saturated rings. The van der Waals surface area contributed by atoms with Gasteiger partial charge in [0.25, 0.3) is 0 Å². The number of carbonyl (C=O) groups excluding carboxylic acids is 2. The molecule has 3 heterocycles.